The topological polar surface area (TPSA) is 27.7 Å². The van der Waals surface area contributed by atoms with Gasteiger partial charge in [-0.25, -0.2) is 0 Å². The summed E-state index contributed by atoms with van der Waals surface area (Å²) in [5, 5.41) is 0. The van der Waals surface area contributed by atoms with Gasteiger partial charge >= 0.3 is 0 Å². The van der Waals surface area contributed by atoms with Crippen molar-refractivity contribution in [3.8, 4) is 17.2 Å². The van der Waals surface area contributed by atoms with Crippen LogP contribution in [-0.4, -0.2) is 32.3 Å². The molecule has 1 rings (SSSR count). The van der Waals surface area contributed by atoms with Gasteiger partial charge in [-0.3, -0.25) is 0 Å². The molecule has 0 aromatic heterocycles. The fourth-order valence-electron chi connectivity index (χ4n) is 1.63. The summed E-state index contributed by atoms with van der Waals surface area (Å²) in [5.74, 6) is 2.15. The van der Waals surface area contributed by atoms with Crippen LogP contribution in [0.1, 0.15) is 18.9 Å². The van der Waals surface area contributed by atoms with Crippen LogP contribution in [0.25, 0.3) is 0 Å². The summed E-state index contributed by atoms with van der Waals surface area (Å²) in [6, 6.07) is 3.93. The minimum atomic E-state index is 0. The maximum Gasteiger partial charge on any atom is 0.203 e. The highest BCUT2D eigenvalue weighted by Gasteiger charge is 2.14. The van der Waals surface area contributed by atoms with Crippen molar-refractivity contribution in [2.75, 3.05) is 21.3 Å². The van der Waals surface area contributed by atoms with Gasteiger partial charge in [0.25, 0.3) is 0 Å². The molecule has 16 heavy (non-hydrogen) atoms. The monoisotopic (exact) mass is 242 g/mol. The fraction of sp³-hybridized carbons (Fsp3) is 0.500. The van der Waals surface area contributed by atoms with Gasteiger partial charge in [-0.2, -0.15) is 0 Å². The van der Waals surface area contributed by atoms with Gasteiger partial charge in [0, 0.05) is 0 Å². The first-order chi connectivity index (χ1) is 7.28. The molecule has 0 atom stereocenters. The van der Waals surface area contributed by atoms with Crippen LogP contribution < -0.4 is 14.2 Å². The molecule has 4 heteroatoms. The first kappa shape index (κ1) is 14.8. The predicted molar refractivity (Wildman–Crippen MR) is 71.4 cm³/mol. The summed E-state index contributed by atoms with van der Waals surface area (Å²) in [5.41, 5.74) is 1.15. The van der Waals surface area contributed by atoms with Crippen LogP contribution in [0.5, 0.6) is 17.2 Å². The lowest BCUT2D eigenvalue weighted by molar-refractivity contribution is 0.322. The second-order valence-corrected chi connectivity index (χ2v) is 3.24. The molecule has 0 N–H and O–H groups in total. The number of rotatable bonds is 5. The van der Waals surface area contributed by atoms with E-state index in [1.807, 2.05) is 12.1 Å². The van der Waals surface area contributed by atoms with E-state index in [4.69, 9.17) is 14.2 Å². The van der Waals surface area contributed by atoms with Crippen LogP contribution in [0.2, 0.25) is 0 Å². The van der Waals surface area contributed by atoms with Gasteiger partial charge in [-0.15, -0.1) is 0 Å². The first-order valence-corrected chi connectivity index (χ1v) is 5.06. The van der Waals surface area contributed by atoms with Gasteiger partial charge in [0.15, 0.2) is 11.5 Å². The van der Waals surface area contributed by atoms with Crippen molar-refractivity contribution in [2.45, 2.75) is 19.8 Å². The van der Waals surface area contributed by atoms with Crippen molar-refractivity contribution in [2.24, 2.45) is 0 Å². The highest BCUT2D eigenvalue weighted by molar-refractivity contribution is 5.75. The zero-order valence-electron chi connectivity index (χ0n) is 9.79. The van der Waals surface area contributed by atoms with Crippen LogP contribution in [-0.2, 0) is 6.42 Å². The van der Waals surface area contributed by atoms with Gasteiger partial charge in [0.2, 0.25) is 5.75 Å². The highest BCUT2D eigenvalue weighted by Crippen LogP contribution is 2.39. The molecule has 0 bridgehead atoms. The predicted octanol–water partition coefficient (Wildman–Crippen LogP) is 1.21. The SMILES string of the molecule is CCCc1ccc(OC)c(OC)c1OC.[SiH4]. The Balaban J connectivity index is 0.00000225. The first-order valence-electron chi connectivity index (χ1n) is 5.06. The van der Waals surface area contributed by atoms with E-state index in [-0.39, 0.29) is 11.0 Å². The molecule has 92 valence electrons. The summed E-state index contributed by atoms with van der Waals surface area (Å²) < 4.78 is 15.9. The minimum Gasteiger partial charge on any atom is -0.493 e. The standard InChI is InChI=1S/C12H18O3.H4Si/c1-5-6-9-7-8-10(13-2)12(15-4)11(9)14-3;/h7-8H,5-6H2,1-4H3;1H4. The molecular weight excluding hydrogens is 220 g/mol. The third-order valence-electron chi connectivity index (χ3n) is 2.31. The molecule has 0 heterocycles. The Morgan fingerprint density at radius 2 is 1.56 bits per heavy atom. The lowest BCUT2D eigenvalue weighted by atomic mass is 10.1. The molecule has 0 saturated heterocycles. The number of aryl methyl sites for hydroxylation is 1. The lowest BCUT2D eigenvalue weighted by Crippen LogP contribution is -1.98. The van der Waals surface area contributed by atoms with Crippen LogP contribution in [0.15, 0.2) is 12.1 Å². The molecule has 0 aliphatic carbocycles. The molecule has 1 aromatic carbocycles. The third kappa shape index (κ3) is 2.92. The zero-order valence-corrected chi connectivity index (χ0v) is 9.79. The van der Waals surface area contributed by atoms with E-state index in [2.05, 4.69) is 6.92 Å². The average Bonchev–Trinajstić information content (AvgIpc) is 2.28. The van der Waals surface area contributed by atoms with E-state index >= 15 is 0 Å². The van der Waals surface area contributed by atoms with Crippen molar-refractivity contribution in [1.29, 1.82) is 0 Å². The van der Waals surface area contributed by atoms with Crippen LogP contribution >= 0.6 is 0 Å². The molecule has 0 amide bonds. The summed E-state index contributed by atoms with van der Waals surface area (Å²) in [6.45, 7) is 2.14. The Hall–Kier alpha value is -1.16. The number of benzene rings is 1. The van der Waals surface area contributed by atoms with Crippen molar-refractivity contribution in [1.82, 2.24) is 0 Å². The van der Waals surface area contributed by atoms with Gasteiger partial charge in [-0.1, -0.05) is 19.4 Å². The minimum absolute atomic E-state index is 0. The van der Waals surface area contributed by atoms with Crippen molar-refractivity contribution >= 4 is 11.0 Å². The number of hydrogen-bond acceptors (Lipinski definition) is 3. The summed E-state index contributed by atoms with van der Waals surface area (Å²) in [7, 11) is 4.89. The summed E-state index contributed by atoms with van der Waals surface area (Å²) in [6.07, 6.45) is 2.05. The Morgan fingerprint density at radius 3 is 2.00 bits per heavy atom. The molecule has 0 aliphatic rings. The maximum atomic E-state index is 5.36. The fourth-order valence-corrected chi connectivity index (χ4v) is 1.63. The molecule has 0 fully saturated rings. The van der Waals surface area contributed by atoms with Crippen LogP contribution in [0.3, 0.4) is 0 Å². The largest absolute Gasteiger partial charge is 0.493 e. The van der Waals surface area contributed by atoms with Crippen molar-refractivity contribution in [3.05, 3.63) is 17.7 Å². The normalized spacial score (nSPS) is 9.25. The molecule has 0 saturated carbocycles. The Labute approximate surface area is 102 Å². The Kier molecular flexibility index (Phi) is 6.65. The highest BCUT2D eigenvalue weighted by atomic mass is 28.1. The van der Waals surface area contributed by atoms with Gasteiger partial charge in [0.1, 0.15) is 0 Å². The van der Waals surface area contributed by atoms with E-state index in [0.29, 0.717) is 11.5 Å². The van der Waals surface area contributed by atoms with Crippen molar-refractivity contribution < 1.29 is 14.2 Å². The summed E-state index contributed by atoms with van der Waals surface area (Å²) in [4.78, 5) is 0. The van der Waals surface area contributed by atoms with E-state index in [0.717, 1.165) is 24.2 Å². The molecule has 0 unspecified atom stereocenters. The van der Waals surface area contributed by atoms with Crippen molar-refractivity contribution in [3.63, 3.8) is 0 Å². The molecule has 0 aliphatic heterocycles. The van der Waals surface area contributed by atoms with Crippen LogP contribution in [0.4, 0.5) is 0 Å². The zero-order chi connectivity index (χ0) is 11.3. The maximum absolute atomic E-state index is 5.36. The van der Waals surface area contributed by atoms with Gasteiger partial charge in [-0.05, 0) is 29.0 Å². The lowest BCUT2D eigenvalue weighted by Gasteiger charge is -2.15. The van der Waals surface area contributed by atoms with E-state index in [1.165, 1.54) is 0 Å². The molecule has 0 spiro atoms. The molecule has 1 aromatic rings. The van der Waals surface area contributed by atoms with E-state index in [1.54, 1.807) is 21.3 Å². The van der Waals surface area contributed by atoms with E-state index < -0.39 is 0 Å². The molecular formula is C12H22O3Si. The number of methoxy groups -OCH3 is 3. The number of ether oxygens (including phenoxy) is 3. The van der Waals surface area contributed by atoms with Gasteiger partial charge in [0.05, 0.1) is 21.3 Å². The smallest absolute Gasteiger partial charge is 0.203 e. The molecule has 0 radical (unpaired) electrons. The quantitative estimate of drug-likeness (QED) is 0.727. The second kappa shape index (κ2) is 7.17. The third-order valence-corrected chi connectivity index (χ3v) is 2.31. The van der Waals surface area contributed by atoms with Crippen LogP contribution in [0, 0.1) is 0 Å². The van der Waals surface area contributed by atoms with Gasteiger partial charge < -0.3 is 14.2 Å². The summed E-state index contributed by atoms with van der Waals surface area (Å²) >= 11 is 0. The number of hydrogen-bond donors (Lipinski definition) is 0. The second-order valence-electron chi connectivity index (χ2n) is 3.24. The average molecular weight is 242 g/mol. The van der Waals surface area contributed by atoms with E-state index in [9.17, 15) is 0 Å². The Morgan fingerprint density at radius 1 is 0.938 bits per heavy atom. The molecule has 3 nitrogen and oxygen atoms in total. The Bertz CT molecular complexity index is 326.